The smallest absolute Gasteiger partial charge is 0.410 e. The van der Waals surface area contributed by atoms with Gasteiger partial charge in [-0.25, -0.2) is 24.8 Å². The zero-order chi connectivity index (χ0) is 32.8. The number of halogens is 1. The van der Waals surface area contributed by atoms with Crippen molar-refractivity contribution in [1.82, 2.24) is 14.9 Å². The topological polar surface area (TPSA) is 113 Å². The van der Waals surface area contributed by atoms with Crippen LogP contribution in [0.3, 0.4) is 0 Å². The van der Waals surface area contributed by atoms with Gasteiger partial charge in [0.2, 0.25) is 5.95 Å². The lowest BCUT2D eigenvalue weighted by Gasteiger charge is -2.36. The molecule has 1 amide bonds. The molecule has 2 N–H and O–H groups in total. The van der Waals surface area contributed by atoms with Crippen LogP contribution in [0.15, 0.2) is 48.8 Å². The Bertz CT molecular complexity index is 1500. The highest BCUT2D eigenvalue weighted by atomic mass is 32.3. The van der Waals surface area contributed by atoms with E-state index in [1.807, 2.05) is 32.9 Å². The highest BCUT2D eigenvalue weighted by molar-refractivity contribution is 8.32. The van der Waals surface area contributed by atoms with Crippen molar-refractivity contribution >= 4 is 33.3 Å². The molecule has 244 valence electrons. The third-order valence-electron chi connectivity index (χ3n) is 7.16. The van der Waals surface area contributed by atoms with Crippen molar-refractivity contribution in [1.29, 1.82) is 5.41 Å². The molecular weight excluding hydrogens is 595 g/mol. The minimum absolute atomic E-state index is 0.225. The van der Waals surface area contributed by atoms with Crippen LogP contribution in [0.4, 0.5) is 20.7 Å². The normalized spacial score (nSPS) is 14.2. The Balaban J connectivity index is 1.58. The van der Waals surface area contributed by atoms with Crippen molar-refractivity contribution < 1.29 is 23.4 Å². The van der Waals surface area contributed by atoms with Gasteiger partial charge in [0.25, 0.3) is 0 Å². The molecule has 0 unspecified atom stereocenters. The van der Waals surface area contributed by atoms with E-state index in [1.165, 1.54) is 13.3 Å². The summed E-state index contributed by atoms with van der Waals surface area (Å²) in [7, 11) is 0.808. The second-order valence-electron chi connectivity index (χ2n) is 12.7. The fraction of sp³-hybridized carbons (Fsp3) is 0.455. The second kappa shape index (κ2) is 14.5. The summed E-state index contributed by atoms with van der Waals surface area (Å²) < 4.78 is 31.8. The summed E-state index contributed by atoms with van der Waals surface area (Å²) in [5.74, 6) is 1.39. The molecule has 1 saturated heterocycles. The van der Waals surface area contributed by atoms with E-state index in [9.17, 15) is 14.6 Å². The van der Waals surface area contributed by atoms with Gasteiger partial charge in [-0.15, -0.1) is 0 Å². The van der Waals surface area contributed by atoms with E-state index in [0.717, 1.165) is 5.75 Å². The molecule has 0 radical (unpaired) electrons. The molecule has 0 atom stereocenters. The molecule has 1 aromatic carbocycles. The first-order valence-electron chi connectivity index (χ1n) is 14.8. The Morgan fingerprint density at radius 3 is 2.42 bits per heavy atom. The molecule has 0 bridgehead atoms. The second-order valence-corrected chi connectivity index (χ2v) is 17.3. The van der Waals surface area contributed by atoms with Crippen molar-refractivity contribution in [3.05, 3.63) is 65.9 Å². The average molecular weight is 641 g/mol. The average Bonchev–Trinajstić information content (AvgIpc) is 2.99. The summed E-state index contributed by atoms with van der Waals surface area (Å²) in [5.41, 5.74) is 2.33. The van der Waals surface area contributed by atoms with Crippen molar-refractivity contribution in [2.24, 2.45) is 0 Å². The van der Waals surface area contributed by atoms with Gasteiger partial charge in [0.15, 0.2) is 0 Å². The van der Waals surface area contributed by atoms with E-state index >= 15 is 0 Å². The number of ether oxygens (including phenoxy) is 3. The van der Waals surface area contributed by atoms with Gasteiger partial charge >= 0.3 is 6.09 Å². The number of amides is 1. The number of rotatable bonds is 11. The zero-order valence-corrected chi connectivity index (χ0v) is 28.1. The first kappa shape index (κ1) is 34.0. The summed E-state index contributed by atoms with van der Waals surface area (Å²) >= 11 is 0. The maximum absolute atomic E-state index is 15.0. The standard InChI is InChI=1S/C33H45FN6O4S/c1-33(2,3)44-32(41)40-16-14-39(15-17-40)28-21-24(10-12-36-28)30(35)25-20-23(29-27(42-4)11-13-37-31(29)34)8-9-26(25)38-22-43-18-19-45(5,6)7/h8-13,20-21,35,38H,14-19,22H2,1-7H3. The van der Waals surface area contributed by atoms with Crippen molar-refractivity contribution in [2.45, 2.75) is 26.4 Å². The van der Waals surface area contributed by atoms with Crippen LogP contribution in [0.25, 0.3) is 11.1 Å². The van der Waals surface area contributed by atoms with Gasteiger partial charge in [-0.05, 0) is 75.4 Å². The van der Waals surface area contributed by atoms with E-state index in [-0.39, 0.29) is 24.1 Å². The summed E-state index contributed by atoms with van der Waals surface area (Å²) in [6.45, 7) is 8.63. The Hall–Kier alpha value is -3.90. The maximum Gasteiger partial charge on any atom is 0.410 e. The minimum Gasteiger partial charge on any atom is -0.496 e. The maximum atomic E-state index is 15.0. The molecule has 45 heavy (non-hydrogen) atoms. The van der Waals surface area contributed by atoms with Gasteiger partial charge in [-0.2, -0.15) is 4.39 Å². The third-order valence-corrected chi connectivity index (χ3v) is 8.55. The molecule has 3 heterocycles. The van der Waals surface area contributed by atoms with E-state index in [1.54, 1.807) is 35.4 Å². The van der Waals surface area contributed by atoms with E-state index in [0.29, 0.717) is 66.7 Å². The first-order chi connectivity index (χ1) is 21.3. The molecule has 0 saturated carbocycles. The Morgan fingerprint density at radius 1 is 1.04 bits per heavy atom. The van der Waals surface area contributed by atoms with Crippen LogP contribution in [0, 0.1) is 11.4 Å². The van der Waals surface area contributed by atoms with Crippen molar-refractivity contribution in [2.75, 3.05) is 81.4 Å². The van der Waals surface area contributed by atoms with Crippen LogP contribution in [0.1, 0.15) is 31.9 Å². The van der Waals surface area contributed by atoms with Crippen LogP contribution < -0.4 is 15.0 Å². The number of piperazine rings is 1. The van der Waals surface area contributed by atoms with Crippen LogP contribution in [0.2, 0.25) is 0 Å². The fourth-order valence-corrected chi connectivity index (χ4v) is 5.39. The molecule has 0 spiro atoms. The van der Waals surface area contributed by atoms with E-state index in [4.69, 9.17) is 14.2 Å². The lowest BCUT2D eigenvalue weighted by atomic mass is 9.96. The molecule has 2 aromatic heterocycles. The number of benzene rings is 1. The first-order valence-corrected chi connectivity index (χ1v) is 17.9. The zero-order valence-electron chi connectivity index (χ0n) is 27.3. The molecule has 1 fully saturated rings. The summed E-state index contributed by atoms with van der Waals surface area (Å²) in [5, 5.41) is 12.6. The fourth-order valence-electron chi connectivity index (χ4n) is 4.77. The van der Waals surface area contributed by atoms with Gasteiger partial charge in [0.05, 0.1) is 25.0 Å². The van der Waals surface area contributed by atoms with E-state index in [2.05, 4.69) is 39.0 Å². The number of carbonyl (C=O) groups is 1. The molecule has 3 aromatic rings. The molecular formula is C33H45FN6O4S. The largest absolute Gasteiger partial charge is 0.496 e. The predicted octanol–water partition coefficient (Wildman–Crippen LogP) is 5.84. The highest BCUT2D eigenvalue weighted by Gasteiger charge is 2.27. The monoisotopic (exact) mass is 640 g/mol. The van der Waals surface area contributed by atoms with E-state index < -0.39 is 21.6 Å². The SMILES string of the molecule is COc1ccnc(F)c1-c1ccc(NCOCCS(C)(C)C)c(C(=N)c2ccnc(N3CCN(C(=O)OC(C)(C)C)CC3)c2)c1. The number of pyridine rings is 2. The predicted molar refractivity (Wildman–Crippen MR) is 181 cm³/mol. The minimum atomic E-state index is -0.678. The van der Waals surface area contributed by atoms with Gasteiger partial charge in [0.1, 0.15) is 23.9 Å². The summed E-state index contributed by atoms with van der Waals surface area (Å²) in [4.78, 5) is 24.7. The number of nitrogens with zero attached hydrogens (tertiary/aromatic N) is 4. The number of carbonyl (C=O) groups excluding carboxylic acids is 1. The van der Waals surface area contributed by atoms with Crippen LogP contribution in [0.5, 0.6) is 5.75 Å². The number of hydrogen-bond acceptors (Lipinski definition) is 9. The van der Waals surface area contributed by atoms with Crippen molar-refractivity contribution in [3.63, 3.8) is 0 Å². The molecule has 12 heteroatoms. The molecule has 4 rings (SSSR count). The summed E-state index contributed by atoms with van der Waals surface area (Å²) in [6, 6.07) is 10.6. The lowest BCUT2D eigenvalue weighted by Crippen LogP contribution is -2.50. The van der Waals surface area contributed by atoms with Gasteiger partial charge < -0.3 is 29.3 Å². The molecule has 10 nitrogen and oxygen atoms in total. The molecule has 1 aliphatic rings. The third kappa shape index (κ3) is 9.30. The van der Waals surface area contributed by atoms with Gasteiger partial charge in [-0.1, -0.05) is 6.07 Å². The van der Waals surface area contributed by atoms with Crippen molar-refractivity contribution in [3.8, 4) is 16.9 Å². The number of nitrogens with one attached hydrogen (secondary N) is 2. The van der Waals surface area contributed by atoms with Gasteiger partial charge in [0, 0.05) is 61.1 Å². The Morgan fingerprint density at radius 2 is 1.76 bits per heavy atom. The van der Waals surface area contributed by atoms with Crippen LogP contribution in [-0.4, -0.2) is 103 Å². The summed E-state index contributed by atoms with van der Waals surface area (Å²) in [6.07, 6.45) is 9.46. The van der Waals surface area contributed by atoms with Crippen LogP contribution in [-0.2, 0) is 9.47 Å². The van der Waals surface area contributed by atoms with Crippen LogP contribution >= 0.6 is 10.0 Å². The highest BCUT2D eigenvalue weighted by Crippen LogP contribution is 2.35. The van der Waals surface area contributed by atoms with Gasteiger partial charge in [-0.3, -0.25) is 5.41 Å². The number of anilines is 2. The number of methoxy groups -OCH3 is 1. The number of hydrogen-bond donors (Lipinski definition) is 2. The quantitative estimate of drug-likeness (QED) is 0.116. The number of aromatic nitrogens is 2. The lowest BCUT2D eigenvalue weighted by molar-refractivity contribution is 0.0240. The Kier molecular flexibility index (Phi) is 10.9. The molecule has 1 aliphatic heterocycles. The Labute approximate surface area is 267 Å². The molecule has 0 aliphatic carbocycles.